The van der Waals surface area contributed by atoms with Gasteiger partial charge in [-0.25, -0.2) is 4.98 Å². The lowest BCUT2D eigenvalue weighted by atomic mass is 9.90. The Hall–Kier alpha value is -3.05. The van der Waals surface area contributed by atoms with Crippen LogP contribution in [0.5, 0.6) is 5.75 Å². The van der Waals surface area contributed by atoms with Gasteiger partial charge in [-0.05, 0) is 55.9 Å². The maximum Gasteiger partial charge on any atom is 0.430 e. The average molecular weight is 557 g/mol. The first-order chi connectivity index (χ1) is 17.8. The number of aliphatic hydroxyl groups is 1. The maximum absolute atomic E-state index is 13.8. The average Bonchev–Trinajstić information content (AvgIpc) is 2.86. The number of aromatic hydroxyl groups is 1. The molecule has 0 aliphatic carbocycles. The van der Waals surface area contributed by atoms with Crippen LogP contribution in [-0.2, 0) is 10.4 Å². The molecule has 1 fully saturated rings. The Morgan fingerprint density at radius 3 is 2.34 bits per heavy atom. The van der Waals surface area contributed by atoms with E-state index < -0.39 is 29.0 Å². The van der Waals surface area contributed by atoms with Crippen LogP contribution in [0, 0.1) is 5.92 Å². The summed E-state index contributed by atoms with van der Waals surface area (Å²) < 4.78 is 41.5. The largest absolute Gasteiger partial charge is 0.508 e. The van der Waals surface area contributed by atoms with Crippen LogP contribution in [-0.4, -0.2) is 83.8 Å². The zero-order valence-corrected chi connectivity index (χ0v) is 22.3. The summed E-state index contributed by atoms with van der Waals surface area (Å²) in [5.41, 5.74) is -4.16. The summed E-state index contributed by atoms with van der Waals surface area (Å²) in [6.45, 7) is 1.44. The Morgan fingerprint density at radius 2 is 1.79 bits per heavy atom. The fourth-order valence-electron chi connectivity index (χ4n) is 4.59. The number of nitrogens with zero attached hydrogens (tertiary/aromatic N) is 4. The molecule has 208 valence electrons. The Kier molecular flexibility index (Phi) is 9.14. The topological polar surface area (TPSA) is 97.2 Å². The summed E-state index contributed by atoms with van der Waals surface area (Å²) in [4.78, 5) is 33.7. The van der Waals surface area contributed by atoms with Gasteiger partial charge in [0.05, 0.1) is 5.56 Å². The van der Waals surface area contributed by atoms with E-state index in [1.54, 1.807) is 26.2 Å². The van der Waals surface area contributed by atoms with E-state index in [1.165, 1.54) is 11.9 Å². The van der Waals surface area contributed by atoms with E-state index in [4.69, 9.17) is 11.6 Å². The number of aromatic nitrogens is 1. The number of carbonyl (C=O) groups excluding carboxylic acids is 2. The molecule has 0 radical (unpaired) electrons. The van der Waals surface area contributed by atoms with Gasteiger partial charge >= 0.3 is 6.18 Å². The minimum absolute atomic E-state index is 0.0365. The van der Waals surface area contributed by atoms with Crippen molar-refractivity contribution in [2.24, 2.45) is 5.92 Å². The number of benzene rings is 1. The van der Waals surface area contributed by atoms with Crippen molar-refractivity contribution in [3.05, 3.63) is 52.7 Å². The lowest BCUT2D eigenvalue weighted by Crippen LogP contribution is -2.55. The van der Waals surface area contributed by atoms with Crippen molar-refractivity contribution >= 4 is 29.2 Å². The van der Waals surface area contributed by atoms with Crippen molar-refractivity contribution in [2.45, 2.75) is 37.5 Å². The third-order valence-corrected chi connectivity index (χ3v) is 7.13. The minimum Gasteiger partial charge on any atom is -0.508 e. The van der Waals surface area contributed by atoms with Gasteiger partial charge in [0.25, 0.3) is 17.4 Å². The van der Waals surface area contributed by atoms with E-state index in [-0.39, 0.29) is 17.6 Å². The molecule has 0 spiro atoms. The monoisotopic (exact) mass is 556 g/mol. The molecule has 1 atom stereocenters. The lowest BCUT2D eigenvalue weighted by molar-refractivity contribution is -0.261. The number of rotatable bonds is 8. The third-order valence-electron chi connectivity index (χ3n) is 6.85. The van der Waals surface area contributed by atoms with Gasteiger partial charge in [0.2, 0.25) is 0 Å². The standard InChI is InChI=1S/C26H32ClF3N4O4/c1-32(2)23(36)20-9-10-21(31-22(20)27)34-14-11-17(12-15-34)6-5-13-33(3)24(37)25(38,26(28,29)30)18-7-4-8-19(35)16-18/h4,7-10,16-17,35,38H,5-6,11-15H2,1-3H3. The number of anilines is 1. The molecule has 2 heterocycles. The molecule has 3 rings (SSSR count). The number of phenolic OH excluding ortho intramolecular Hbond substituents is 1. The van der Waals surface area contributed by atoms with Crippen molar-refractivity contribution in [2.75, 3.05) is 45.7 Å². The number of pyridine rings is 1. The zero-order valence-electron chi connectivity index (χ0n) is 21.5. The molecule has 8 nitrogen and oxygen atoms in total. The smallest absolute Gasteiger partial charge is 0.430 e. The highest BCUT2D eigenvalue weighted by atomic mass is 35.5. The van der Waals surface area contributed by atoms with E-state index in [0.29, 0.717) is 43.2 Å². The van der Waals surface area contributed by atoms with E-state index in [2.05, 4.69) is 9.88 Å². The van der Waals surface area contributed by atoms with Crippen molar-refractivity contribution < 1.29 is 33.0 Å². The molecule has 1 aliphatic rings. The number of alkyl halides is 3. The molecule has 12 heteroatoms. The number of phenols is 1. The summed E-state index contributed by atoms with van der Waals surface area (Å²) in [5, 5.41) is 20.2. The highest BCUT2D eigenvalue weighted by Gasteiger charge is 2.61. The van der Waals surface area contributed by atoms with E-state index in [1.807, 2.05) is 0 Å². The van der Waals surface area contributed by atoms with Gasteiger partial charge in [0.15, 0.2) is 0 Å². The van der Waals surface area contributed by atoms with Gasteiger partial charge in [-0.2, -0.15) is 13.2 Å². The summed E-state index contributed by atoms with van der Waals surface area (Å²) in [5.74, 6) is -1.22. The first kappa shape index (κ1) is 29.5. The molecular weight excluding hydrogens is 525 g/mol. The minimum atomic E-state index is -5.27. The Labute approximate surface area is 224 Å². The van der Waals surface area contributed by atoms with Crippen molar-refractivity contribution in [1.82, 2.24) is 14.8 Å². The molecule has 2 aromatic rings. The second-order valence-corrected chi connectivity index (χ2v) is 10.1. The van der Waals surface area contributed by atoms with Crippen molar-refractivity contribution in [3.63, 3.8) is 0 Å². The molecule has 2 N–H and O–H groups in total. The van der Waals surface area contributed by atoms with Crippen LogP contribution in [0.2, 0.25) is 5.15 Å². The van der Waals surface area contributed by atoms with Crippen LogP contribution >= 0.6 is 11.6 Å². The summed E-state index contributed by atoms with van der Waals surface area (Å²) in [7, 11) is 4.50. The SMILES string of the molecule is CN(C)C(=O)c1ccc(N2CCC(CCCN(C)C(=O)C(O)(c3cccc(O)c3)C(F)(F)F)CC2)nc1Cl. The second-order valence-electron chi connectivity index (χ2n) is 9.77. The van der Waals surface area contributed by atoms with Crippen LogP contribution < -0.4 is 4.90 Å². The van der Waals surface area contributed by atoms with Gasteiger partial charge in [-0.15, -0.1) is 0 Å². The molecule has 1 unspecified atom stereocenters. The molecule has 1 aromatic heterocycles. The lowest BCUT2D eigenvalue weighted by Gasteiger charge is -2.34. The number of hydrogen-bond acceptors (Lipinski definition) is 6. The fourth-order valence-corrected chi connectivity index (χ4v) is 4.82. The number of piperidine rings is 1. The first-order valence-corrected chi connectivity index (χ1v) is 12.6. The predicted octanol–water partition coefficient (Wildman–Crippen LogP) is 4.05. The van der Waals surface area contributed by atoms with E-state index in [0.717, 1.165) is 42.0 Å². The molecule has 1 aliphatic heterocycles. The van der Waals surface area contributed by atoms with E-state index in [9.17, 15) is 33.0 Å². The normalized spacial score (nSPS) is 16.2. The van der Waals surface area contributed by atoms with Gasteiger partial charge in [0.1, 0.15) is 16.7 Å². The van der Waals surface area contributed by atoms with E-state index >= 15 is 0 Å². The Morgan fingerprint density at radius 1 is 1.13 bits per heavy atom. The molecular formula is C26H32ClF3N4O4. The van der Waals surface area contributed by atoms with Crippen LogP contribution in [0.4, 0.5) is 19.0 Å². The highest BCUT2D eigenvalue weighted by Crippen LogP contribution is 2.41. The fraction of sp³-hybridized carbons (Fsp3) is 0.500. The predicted molar refractivity (Wildman–Crippen MR) is 137 cm³/mol. The number of carbonyl (C=O) groups is 2. The van der Waals surface area contributed by atoms with Crippen molar-refractivity contribution in [1.29, 1.82) is 0 Å². The number of hydrogen-bond donors (Lipinski definition) is 2. The second kappa shape index (κ2) is 11.8. The molecule has 0 bridgehead atoms. The summed E-state index contributed by atoms with van der Waals surface area (Å²) >= 11 is 6.23. The quantitative estimate of drug-likeness (QED) is 0.476. The maximum atomic E-state index is 13.8. The molecule has 38 heavy (non-hydrogen) atoms. The molecule has 1 saturated heterocycles. The van der Waals surface area contributed by atoms with Crippen LogP contribution in [0.15, 0.2) is 36.4 Å². The number of halogens is 4. The summed E-state index contributed by atoms with van der Waals surface area (Å²) in [6.07, 6.45) is -2.46. The summed E-state index contributed by atoms with van der Waals surface area (Å²) in [6, 6.07) is 7.42. The van der Waals surface area contributed by atoms with Crippen LogP contribution in [0.1, 0.15) is 41.6 Å². The van der Waals surface area contributed by atoms with Crippen LogP contribution in [0.3, 0.4) is 0 Å². The Balaban J connectivity index is 1.54. The molecule has 2 amide bonds. The first-order valence-electron chi connectivity index (χ1n) is 12.2. The van der Waals surface area contributed by atoms with Gasteiger partial charge in [0, 0.05) is 46.3 Å². The third kappa shape index (κ3) is 6.32. The zero-order chi connectivity index (χ0) is 28.3. The highest BCUT2D eigenvalue weighted by molar-refractivity contribution is 6.32. The molecule has 0 saturated carbocycles. The number of amides is 2. The molecule has 1 aromatic carbocycles. The van der Waals surface area contributed by atoms with Gasteiger partial charge in [-0.3, -0.25) is 9.59 Å². The van der Waals surface area contributed by atoms with Gasteiger partial charge < -0.3 is 24.9 Å². The number of likely N-dealkylation sites (N-methyl/N-ethyl adjacent to an activating group) is 1. The van der Waals surface area contributed by atoms with Crippen molar-refractivity contribution in [3.8, 4) is 5.75 Å². The Bertz CT molecular complexity index is 1160. The van der Waals surface area contributed by atoms with Gasteiger partial charge in [-0.1, -0.05) is 23.7 Å². The van der Waals surface area contributed by atoms with Crippen LogP contribution in [0.25, 0.3) is 0 Å².